The van der Waals surface area contributed by atoms with Gasteiger partial charge in [-0.2, -0.15) is 0 Å². The van der Waals surface area contributed by atoms with Crippen LogP contribution in [0.15, 0.2) is 53.8 Å². The number of aliphatic hydroxyl groups is 1. The van der Waals surface area contributed by atoms with Crippen molar-refractivity contribution in [3.05, 3.63) is 59.5 Å². The molecule has 3 heterocycles. The molecule has 0 bridgehead atoms. The zero-order chi connectivity index (χ0) is 24.8. The van der Waals surface area contributed by atoms with Gasteiger partial charge in [0.05, 0.1) is 29.2 Å². The van der Waals surface area contributed by atoms with Crippen molar-refractivity contribution in [1.82, 2.24) is 14.9 Å². The molecule has 0 radical (unpaired) electrons. The maximum atomic E-state index is 12.3. The first kappa shape index (κ1) is 25.7. The summed E-state index contributed by atoms with van der Waals surface area (Å²) in [6.07, 6.45) is 6.03. The van der Waals surface area contributed by atoms with Crippen LogP contribution >= 0.6 is 23.4 Å². The Hall–Kier alpha value is -2.39. The quantitative estimate of drug-likeness (QED) is 0.361. The van der Waals surface area contributed by atoms with Crippen LogP contribution in [0.3, 0.4) is 0 Å². The van der Waals surface area contributed by atoms with Crippen molar-refractivity contribution < 1.29 is 19.7 Å². The third kappa shape index (κ3) is 6.06. The molecule has 7 nitrogen and oxygen atoms in total. The van der Waals surface area contributed by atoms with Gasteiger partial charge in [0.25, 0.3) is 0 Å². The van der Waals surface area contributed by atoms with E-state index >= 15 is 0 Å². The highest BCUT2D eigenvalue weighted by molar-refractivity contribution is 7.99. The fourth-order valence-corrected chi connectivity index (χ4v) is 5.87. The van der Waals surface area contributed by atoms with E-state index in [1.165, 1.54) is 11.1 Å². The number of carbonyl (C=O) groups is 1. The molecule has 0 saturated carbocycles. The molecule has 186 valence electrons. The largest absolute Gasteiger partial charge is 0.497 e. The van der Waals surface area contributed by atoms with Gasteiger partial charge in [-0.3, -0.25) is 14.8 Å². The number of halogens is 1. The van der Waals surface area contributed by atoms with Crippen LogP contribution in [0.4, 0.5) is 0 Å². The maximum absolute atomic E-state index is 12.3. The summed E-state index contributed by atoms with van der Waals surface area (Å²) in [5, 5.41) is 22.3. The van der Waals surface area contributed by atoms with Gasteiger partial charge in [-0.05, 0) is 69.1 Å². The van der Waals surface area contributed by atoms with Crippen molar-refractivity contribution in [3.63, 3.8) is 0 Å². The van der Waals surface area contributed by atoms with Crippen LogP contribution in [-0.4, -0.2) is 63.5 Å². The molecular formula is C26H30ClN3O4S. The minimum atomic E-state index is -0.897. The van der Waals surface area contributed by atoms with Gasteiger partial charge in [-0.1, -0.05) is 11.6 Å². The Morgan fingerprint density at radius 2 is 2.00 bits per heavy atom. The van der Waals surface area contributed by atoms with Gasteiger partial charge in [0.2, 0.25) is 0 Å². The molecule has 9 heteroatoms. The summed E-state index contributed by atoms with van der Waals surface area (Å²) in [6.45, 7) is 2.37. The summed E-state index contributed by atoms with van der Waals surface area (Å²) in [5.41, 5.74) is 0.430. The molecule has 2 N–H and O–H groups in total. The lowest BCUT2D eigenvalue weighted by Crippen LogP contribution is -2.45. The van der Waals surface area contributed by atoms with Crippen molar-refractivity contribution in [1.29, 1.82) is 0 Å². The maximum Gasteiger partial charge on any atom is 0.309 e. The molecule has 0 aliphatic carbocycles. The van der Waals surface area contributed by atoms with Crippen molar-refractivity contribution >= 4 is 40.2 Å². The molecule has 3 aromatic rings. The Morgan fingerprint density at radius 3 is 2.69 bits per heavy atom. The van der Waals surface area contributed by atoms with E-state index in [2.05, 4.69) is 14.9 Å². The average Bonchev–Trinajstić information content (AvgIpc) is 2.88. The van der Waals surface area contributed by atoms with Crippen molar-refractivity contribution in [3.8, 4) is 5.75 Å². The smallest absolute Gasteiger partial charge is 0.309 e. The highest BCUT2D eigenvalue weighted by Gasteiger charge is 2.41. The number of nitrogens with zero attached hydrogens (tertiary/aromatic N) is 3. The molecule has 1 unspecified atom stereocenters. The highest BCUT2D eigenvalue weighted by atomic mass is 35.5. The lowest BCUT2D eigenvalue weighted by molar-refractivity contribution is -0.153. The minimum Gasteiger partial charge on any atom is -0.497 e. The molecule has 1 aliphatic rings. The predicted octanol–water partition coefficient (Wildman–Crippen LogP) is 5.06. The molecule has 1 aromatic carbocycles. The van der Waals surface area contributed by atoms with Gasteiger partial charge >= 0.3 is 5.97 Å². The van der Waals surface area contributed by atoms with Gasteiger partial charge in [-0.15, -0.1) is 11.8 Å². The number of carboxylic acid groups (broad SMARTS) is 1. The number of rotatable bonds is 10. The lowest BCUT2D eigenvalue weighted by Gasteiger charge is -2.39. The minimum absolute atomic E-state index is 0.306. The third-order valence-corrected chi connectivity index (χ3v) is 8.18. The summed E-state index contributed by atoms with van der Waals surface area (Å²) in [6, 6.07) is 9.43. The highest BCUT2D eigenvalue weighted by Crippen LogP contribution is 2.41. The Balaban J connectivity index is 1.38. The number of carboxylic acids is 1. The van der Waals surface area contributed by atoms with E-state index in [1.807, 2.05) is 30.3 Å². The third-order valence-electron chi connectivity index (χ3n) is 6.89. The first-order chi connectivity index (χ1) is 16.9. The standard InChI is InChI=1S/C26H30ClN3O4S/c1-34-18-2-3-22-20(16-18)24(21(27)17-29-22)23(31)4-7-26(25(32)33)8-12-30(13-9-26)14-15-35-19-5-10-28-11-6-19/h2-3,5-6,10-11,16-17,23,31H,4,7-9,12-15H2,1H3,(H,32,33). The molecule has 1 aliphatic heterocycles. The number of benzene rings is 1. The summed E-state index contributed by atoms with van der Waals surface area (Å²) in [7, 11) is 1.58. The number of aromatic nitrogens is 2. The van der Waals surface area contributed by atoms with Crippen LogP contribution in [0.1, 0.15) is 37.4 Å². The van der Waals surface area contributed by atoms with Crippen molar-refractivity contribution in [2.24, 2.45) is 5.41 Å². The average molecular weight is 516 g/mol. The molecule has 1 saturated heterocycles. The second kappa shape index (κ2) is 11.6. The second-order valence-corrected chi connectivity index (χ2v) is 10.5. The predicted molar refractivity (Wildman–Crippen MR) is 138 cm³/mol. The Kier molecular flexibility index (Phi) is 8.49. The van der Waals surface area contributed by atoms with Gasteiger partial charge < -0.3 is 19.8 Å². The molecule has 1 atom stereocenters. The molecular weight excluding hydrogens is 486 g/mol. The number of thioether (sulfide) groups is 1. The number of hydrogen-bond donors (Lipinski definition) is 2. The van der Waals surface area contributed by atoms with E-state index in [9.17, 15) is 15.0 Å². The van der Waals surface area contributed by atoms with E-state index in [0.717, 1.165) is 30.8 Å². The number of hydrogen-bond acceptors (Lipinski definition) is 7. The Morgan fingerprint density at radius 1 is 1.26 bits per heavy atom. The topological polar surface area (TPSA) is 95.8 Å². The van der Waals surface area contributed by atoms with Crippen LogP contribution in [0.25, 0.3) is 10.9 Å². The van der Waals surface area contributed by atoms with Crippen LogP contribution in [0, 0.1) is 5.41 Å². The molecule has 4 rings (SSSR count). The summed E-state index contributed by atoms with van der Waals surface area (Å²) in [4.78, 5) is 24.2. The first-order valence-corrected chi connectivity index (χ1v) is 13.1. The second-order valence-electron chi connectivity index (χ2n) is 8.92. The van der Waals surface area contributed by atoms with E-state index in [-0.39, 0.29) is 0 Å². The Bertz CT molecular complexity index is 1160. The van der Waals surface area contributed by atoms with E-state index < -0.39 is 17.5 Å². The zero-order valence-corrected chi connectivity index (χ0v) is 21.3. The van der Waals surface area contributed by atoms with E-state index in [4.69, 9.17) is 16.3 Å². The molecule has 0 spiro atoms. The van der Waals surface area contributed by atoms with Gasteiger partial charge in [0.1, 0.15) is 5.75 Å². The van der Waals surface area contributed by atoms with Crippen LogP contribution in [-0.2, 0) is 4.79 Å². The monoisotopic (exact) mass is 515 g/mol. The lowest BCUT2D eigenvalue weighted by atomic mass is 9.74. The normalized spacial score (nSPS) is 16.8. The fourth-order valence-electron chi connectivity index (χ4n) is 4.69. The summed E-state index contributed by atoms with van der Waals surface area (Å²) >= 11 is 8.21. The van der Waals surface area contributed by atoms with Crippen molar-refractivity contribution in [2.45, 2.75) is 36.7 Å². The summed E-state index contributed by atoms with van der Waals surface area (Å²) < 4.78 is 5.32. The number of piperidine rings is 1. The van der Waals surface area contributed by atoms with Gasteiger partial charge in [-0.25, -0.2) is 0 Å². The number of pyridine rings is 2. The molecule has 1 fully saturated rings. The van der Waals surface area contributed by atoms with Gasteiger partial charge in [0, 0.05) is 46.7 Å². The van der Waals surface area contributed by atoms with Gasteiger partial charge in [0.15, 0.2) is 0 Å². The molecule has 2 aromatic heterocycles. The van der Waals surface area contributed by atoms with Crippen LogP contribution in [0.5, 0.6) is 5.75 Å². The number of aliphatic carboxylic acids is 1. The number of aliphatic hydroxyl groups excluding tert-OH is 1. The Labute approximate surface area is 214 Å². The van der Waals surface area contributed by atoms with E-state index in [0.29, 0.717) is 47.5 Å². The fraction of sp³-hybridized carbons (Fsp3) is 0.423. The zero-order valence-electron chi connectivity index (χ0n) is 19.7. The van der Waals surface area contributed by atoms with E-state index in [1.54, 1.807) is 31.3 Å². The molecule has 0 amide bonds. The SMILES string of the molecule is COc1ccc2ncc(Cl)c(C(O)CCC3(C(=O)O)CCN(CCSc4ccncc4)CC3)c2c1. The van der Waals surface area contributed by atoms with Crippen molar-refractivity contribution in [2.75, 3.05) is 32.5 Å². The summed E-state index contributed by atoms with van der Waals surface area (Å²) in [5.74, 6) is 0.800. The van der Waals surface area contributed by atoms with Crippen LogP contribution in [0.2, 0.25) is 5.02 Å². The number of likely N-dealkylation sites (tertiary alicyclic amines) is 1. The number of methoxy groups -OCH3 is 1. The number of ether oxygens (including phenoxy) is 1. The van der Waals surface area contributed by atoms with Crippen LogP contribution < -0.4 is 4.74 Å². The number of fused-ring (bicyclic) bond motifs is 1. The molecule has 35 heavy (non-hydrogen) atoms. The first-order valence-electron chi connectivity index (χ1n) is 11.7.